The molecule has 28 heavy (non-hydrogen) atoms. The smallest absolute Gasteiger partial charge is 0.141 e. The van der Waals surface area contributed by atoms with Gasteiger partial charge in [-0.05, 0) is 35.0 Å². The van der Waals surface area contributed by atoms with Gasteiger partial charge in [0.25, 0.3) is 0 Å². The van der Waals surface area contributed by atoms with Crippen LogP contribution in [0.15, 0.2) is 97.1 Å². The minimum atomic E-state index is 0.582. The van der Waals surface area contributed by atoms with Gasteiger partial charge in [-0.15, -0.1) is 0 Å². The topological polar surface area (TPSA) is 27.1 Å². The van der Waals surface area contributed by atoms with Gasteiger partial charge in [-0.25, -0.2) is 4.98 Å². The van der Waals surface area contributed by atoms with Crippen molar-refractivity contribution in [2.45, 2.75) is 6.54 Å². The van der Waals surface area contributed by atoms with Crippen LogP contribution in [0.3, 0.4) is 0 Å². The summed E-state index contributed by atoms with van der Waals surface area (Å²) >= 11 is 0. The second kappa shape index (κ2) is 7.20. The van der Waals surface area contributed by atoms with Crippen LogP contribution in [0.2, 0.25) is 0 Å². The molecule has 0 amide bonds. The molecule has 0 bridgehead atoms. The highest BCUT2D eigenvalue weighted by atomic mass is 16.5. The molecule has 0 saturated carbocycles. The quantitative estimate of drug-likeness (QED) is 0.386. The molecule has 1 aromatic heterocycles. The first-order chi connectivity index (χ1) is 13.9. The Morgan fingerprint density at radius 2 is 1.46 bits per heavy atom. The number of rotatable bonds is 5. The summed E-state index contributed by atoms with van der Waals surface area (Å²) in [6.45, 7) is 1.32. The van der Waals surface area contributed by atoms with E-state index < -0.39 is 0 Å². The number of hydrogen-bond acceptors (Lipinski definition) is 2. The Morgan fingerprint density at radius 3 is 2.36 bits per heavy atom. The summed E-state index contributed by atoms with van der Waals surface area (Å²) in [7, 11) is 0. The number of nitrogens with zero attached hydrogens (tertiary/aromatic N) is 2. The van der Waals surface area contributed by atoms with Gasteiger partial charge in [0.2, 0.25) is 0 Å². The van der Waals surface area contributed by atoms with Crippen molar-refractivity contribution in [3.05, 3.63) is 97.1 Å². The van der Waals surface area contributed by atoms with Gasteiger partial charge in [-0.1, -0.05) is 72.8 Å². The molecule has 3 heteroatoms. The number of imidazole rings is 1. The van der Waals surface area contributed by atoms with Crippen LogP contribution in [-0.4, -0.2) is 16.2 Å². The van der Waals surface area contributed by atoms with Crippen LogP contribution in [0.5, 0.6) is 5.75 Å². The van der Waals surface area contributed by atoms with Gasteiger partial charge in [0.15, 0.2) is 0 Å². The Hall–Kier alpha value is -3.59. The predicted octanol–water partition coefficient (Wildman–Crippen LogP) is 5.94. The summed E-state index contributed by atoms with van der Waals surface area (Å²) in [5.74, 6) is 1.87. The van der Waals surface area contributed by atoms with Gasteiger partial charge >= 0.3 is 0 Å². The average molecular weight is 364 g/mol. The van der Waals surface area contributed by atoms with E-state index in [0.717, 1.165) is 34.7 Å². The molecule has 1 heterocycles. The number of benzene rings is 4. The fourth-order valence-electron chi connectivity index (χ4n) is 3.62. The molecule has 0 aliphatic rings. The minimum Gasteiger partial charge on any atom is -0.492 e. The molecule has 0 N–H and O–H groups in total. The molecule has 0 radical (unpaired) electrons. The van der Waals surface area contributed by atoms with Gasteiger partial charge in [0.1, 0.15) is 18.2 Å². The van der Waals surface area contributed by atoms with Gasteiger partial charge in [-0.2, -0.15) is 0 Å². The van der Waals surface area contributed by atoms with E-state index in [0.29, 0.717) is 6.61 Å². The highest BCUT2D eigenvalue weighted by Gasteiger charge is 2.12. The first kappa shape index (κ1) is 16.6. The van der Waals surface area contributed by atoms with Crippen LogP contribution in [0.25, 0.3) is 33.2 Å². The number of ether oxygens (including phenoxy) is 1. The number of aromatic nitrogens is 2. The molecular weight excluding hydrogens is 344 g/mol. The summed E-state index contributed by atoms with van der Waals surface area (Å²) in [4.78, 5) is 4.86. The van der Waals surface area contributed by atoms with E-state index in [9.17, 15) is 0 Å². The third kappa shape index (κ3) is 3.12. The molecule has 0 saturated heterocycles. The highest BCUT2D eigenvalue weighted by molar-refractivity contribution is 5.83. The lowest BCUT2D eigenvalue weighted by Gasteiger charge is -2.11. The molecule has 0 spiro atoms. The summed E-state index contributed by atoms with van der Waals surface area (Å²) < 4.78 is 8.32. The fraction of sp³-hybridized carbons (Fsp3) is 0.0800. The Bertz CT molecular complexity index is 1240. The van der Waals surface area contributed by atoms with E-state index in [2.05, 4.69) is 71.3 Å². The van der Waals surface area contributed by atoms with Crippen molar-refractivity contribution in [1.29, 1.82) is 0 Å². The molecule has 5 aromatic rings. The standard InChI is InChI=1S/C25H20N2O/c1-2-9-20(10-3-1)25-26-23-12-6-7-13-24(23)27(25)16-17-28-22-15-14-19-8-4-5-11-21(19)18-22/h1-15,18H,16-17H2. The average Bonchev–Trinajstić information content (AvgIpc) is 3.13. The highest BCUT2D eigenvalue weighted by Crippen LogP contribution is 2.25. The van der Waals surface area contributed by atoms with Crippen molar-refractivity contribution in [2.75, 3.05) is 6.61 Å². The molecule has 0 aliphatic carbocycles. The Balaban J connectivity index is 1.42. The second-order valence-corrected chi connectivity index (χ2v) is 6.80. The van der Waals surface area contributed by atoms with Crippen LogP contribution in [0.1, 0.15) is 0 Å². The lowest BCUT2D eigenvalue weighted by Crippen LogP contribution is -2.09. The Morgan fingerprint density at radius 1 is 0.714 bits per heavy atom. The molecule has 0 aliphatic heterocycles. The molecule has 3 nitrogen and oxygen atoms in total. The van der Waals surface area contributed by atoms with Crippen molar-refractivity contribution >= 4 is 21.8 Å². The van der Waals surface area contributed by atoms with Crippen LogP contribution in [-0.2, 0) is 6.54 Å². The van der Waals surface area contributed by atoms with E-state index in [1.165, 1.54) is 10.8 Å². The van der Waals surface area contributed by atoms with E-state index in [4.69, 9.17) is 9.72 Å². The van der Waals surface area contributed by atoms with Gasteiger partial charge in [0, 0.05) is 5.56 Å². The zero-order valence-corrected chi connectivity index (χ0v) is 15.5. The van der Waals surface area contributed by atoms with E-state index in [-0.39, 0.29) is 0 Å². The Kier molecular flexibility index (Phi) is 4.26. The maximum atomic E-state index is 6.08. The van der Waals surface area contributed by atoms with E-state index in [1.54, 1.807) is 0 Å². The van der Waals surface area contributed by atoms with Crippen molar-refractivity contribution < 1.29 is 4.74 Å². The van der Waals surface area contributed by atoms with E-state index >= 15 is 0 Å². The van der Waals surface area contributed by atoms with Gasteiger partial charge < -0.3 is 9.30 Å². The minimum absolute atomic E-state index is 0.582. The van der Waals surface area contributed by atoms with E-state index in [1.807, 2.05) is 30.3 Å². The van der Waals surface area contributed by atoms with Crippen molar-refractivity contribution in [3.63, 3.8) is 0 Å². The van der Waals surface area contributed by atoms with Gasteiger partial charge in [0.05, 0.1) is 17.6 Å². The van der Waals surface area contributed by atoms with Crippen LogP contribution < -0.4 is 4.74 Å². The van der Waals surface area contributed by atoms with Crippen LogP contribution in [0, 0.1) is 0 Å². The Labute approximate surface area is 163 Å². The molecule has 4 aromatic carbocycles. The monoisotopic (exact) mass is 364 g/mol. The van der Waals surface area contributed by atoms with Gasteiger partial charge in [-0.3, -0.25) is 0 Å². The van der Waals surface area contributed by atoms with Crippen molar-refractivity contribution in [3.8, 4) is 17.1 Å². The molecule has 136 valence electrons. The maximum Gasteiger partial charge on any atom is 0.141 e. The SMILES string of the molecule is c1ccc(-c2nc3ccccc3n2CCOc2ccc3ccccc3c2)cc1. The summed E-state index contributed by atoms with van der Waals surface area (Å²) in [6, 6.07) is 33.1. The van der Waals surface area contributed by atoms with Crippen LogP contribution in [0.4, 0.5) is 0 Å². The molecular formula is C25H20N2O. The zero-order chi connectivity index (χ0) is 18.8. The zero-order valence-electron chi connectivity index (χ0n) is 15.5. The summed E-state index contributed by atoms with van der Waals surface area (Å²) in [6.07, 6.45) is 0. The first-order valence-electron chi connectivity index (χ1n) is 9.51. The lowest BCUT2D eigenvalue weighted by molar-refractivity contribution is 0.301. The third-order valence-electron chi connectivity index (χ3n) is 4.99. The number of fused-ring (bicyclic) bond motifs is 2. The fourth-order valence-corrected chi connectivity index (χ4v) is 3.62. The first-order valence-corrected chi connectivity index (χ1v) is 9.51. The molecule has 0 fully saturated rings. The predicted molar refractivity (Wildman–Crippen MR) is 115 cm³/mol. The number of hydrogen-bond donors (Lipinski definition) is 0. The van der Waals surface area contributed by atoms with Crippen molar-refractivity contribution in [2.24, 2.45) is 0 Å². The number of para-hydroxylation sites is 2. The normalized spacial score (nSPS) is 11.1. The third-order valence-corrected chi connectivity index (χ3v) is 4.99. The molecule has 0 unspecified atom stereocenters. The lowest BCUT2D eigenvalue weighted by atomic mass is 10.1. The summed E-state index contributed by atoms with van der Waals surface area (Å²) in [5, 5.41) is 2.42. The molecule has 0 atom stereocenters. The maximum absolute atomic E-state index is 6.08. The summed E-state index contributed by atoms with van der Waals surface area (Å²) in [5.41, 5.74) is 3.25. The van der Waals surface area contributed by atoms with Crippen LogP contribution >= 0.6 is 0 Å². The largest absolute Gasteiger partial charge is 0.492 e. The molecule has 5 rings (SSSR count). The second-order valence-electron chi connectivity index (χ2n) is 6.80. The van der Waals surface area contributed by atoms with Crippen molar-refractivity contribution in [1.82, 2.24) is 9.55 Å².